The van der Waals surface area contributed by atoms with E-state index in [-0.39, 0.29) is 5.75 Å². The van der Waals surface area contributed by atoms with Crippen LogP contribution in [-0.2, 0) is 0 Å². The van der Waals surface area contributed by atoms with Gasteiger partial charge in [0, 0.05) is 16.6 Å². The van der Waals surface area contributed by atoms with E-state index in [0.717, 1.165) is 16.5 Å². The Morgan fingerprint density at radius 3 is 2.84 bits per heavy atom. The van der Waals surface area contributed by atoms with Crippen molar-refractivity contribution >= 4 is 33.5 Å². The number of benzene rings is 1. The lowest BCUT2D eigenvalue weighted by atomic mass is 10.3. The van der Waals surface area contributed by atoms with Gasteiger partial charge in [0.1, 0.15) is 5.75 Å². The number of phenols is 1. The van der Waals surface area contributed by atoms with Gasteiger partial charge in [0.25, 0.3) is 0 Å². The highest BCUT2D eigenvalue weighted by Gasteiger charge is 2.10. The van der Waals surface area contributed by atoms with Crippen molar-refractivity contribution in [3.63, 3.8) is 0 Å². The van der Waals surface area contributed by atoms with Crippen molar-refractivity contribution in [3.05, 3.63) is 46.7 Å². The first kappa shape index (κ1) is 12.2. The van der Waals surface area contributed by atoms with Crippen LogP contribution in [0.15, 0.2) is 41.8 Å². The Labute approximate surface area is 119 Å². The van der Waals surface area contributed by atoms with Gasteiger partial charge in [0.05, 0.1) is 10.6 Å². The maximum Gasteiger partial charge on any atom is 0.188 e. The van der Waals surface area contributed by atoms with Gasteiger partial charge in [-0.2, -0.15) is 0 Å². The molecule has 0 spiro atoms. The molecular weight excluding hydrogens is 276 g/mol. The average Bonchev–Trinajstić information content (AvgIpc) is 2.98. The fraction of sp³-hybridized carbons (Fsp3) is 0.0714. The Hall–Kier alpha value is -1.85. The van der Waals surface area contributed by atoms with Crippen LogP contribution in [0, 0.1) is 6.92 Å². The SMILES string of the molecule is Cc1sc(Nc2cccc(O)c2)nc1-c1cccs1. The number of aryl methyl sites for hydroxylation is 1. The van der Waals surface area contributed by atoms with Gasteiger partial charge >= 0.3 is 0 Å². The zero-order chi connectivity index (χ0) is 13.2. The molecule has 0 aliphatic carbocycles. The predicted octanol–water partition coefficient (Wildman–Crippen LogP) is 4.63. The van der Waals surface area contributed by atoms with Crippen LogP contribution >= 0.6 is 22.7 Å². The van der Waals surface area contributed by atoms with Crippen molar-refractivity contribution in [1.29, 1.82) is 0 Å². The third kappa shape index (κ3) is 2.62. The first-order chi connectivity index (χ1) is 9.22. The summed E-state index contributed by atoms with van der Waals surface area (Å²) in [7, 11) is 0. The monoisotopic (exact) mass is 288 g/mol. The lowest BCUT2D eigenvalue weighted by Gasteiger charge is -2.02. The number of hydrogen-bond acceptors (Lipinski definition) is 5. The first-order valence-corrected chi connectivity index (χ1v) is 7.49. The molecule has 0 saturated carbocycles. The summed E-state index contributed by atoms with van der Waals surface area (Å²) in [5.41, 5.74) is 1.87. The molecule has 19 heavy (non-hydrogen) atoms. The van der Waals surface area contributed by atoms with Crippen LogP contribution in [0.4, 0.5) is 10.8 Å². The molecule has 0 atom stereocenters. The van der Waals surface area contributed by atoms with Crippen molar-refractivity contribution in [2.24, 2.45) is 0 Å². The van der Waals surface area contributed by atoms with Gasteiger partial charge in [0.15, 0.2) is 5.13 Å². The molecule has 0 unspecified atom stereocenters. The molecule has 96 valence electrons. The molecule has 0 saturated heterocycles. The van der Waals surface area contributed by atoms with E-state index in [1.165, 1.54) is 9.75 Å². The summed E-state index contributed by atoms with van der Waals surface area (Å²) in [6.07, 6.45) is 0. The van der Waals surface area contributed by atoms with Crippen LogP contribution in [-0.4, -0.2) is 10.1 Å². The van der Waals surface area contributed by atoms with Crippen molar-refractivity contribution in [3.8, 4) is 16.3 Å². The Balaban J connectivity index is 1.89. The van der Waals surface area contributed by atoms with Crippen LogP contribution < -0.4 is 5.32 Å². The first-order valence-electron chi connectivity index (χ1n) is 5.80. The van der Waals surface area contributed by atoms with Crippen molar-refractivity contribution < 1.29 is 5.11 Å². The highest BCUT2D eigenvalue weighted by Crippen LogP contribution is 2.34. The Morgan fingerprint density at radius 1 is 1.21 bits per heavy atom. The molecule has 0 radical (unpaired) electrons. The van der Waals surface area contributed by atoms with E-state index in [4.69, 9.17) is 0 Å². The highest BCUT2D eigenvalue weighted by atomic mass is 32.1. The summed E-state index contributed by atoms with van der Waals surface area (Å²) in [5, 5.41) is 15.6. The number of nitrogens with one attached hydrogen (secondary N) is 1. The maximum atomic E-state index is 9.45. The third-order valence-electron chi connectivity index (χ3n) is 2.65. The Morgan fingerprint density at radius 2 is 2.11 bits per heavy atom. The van der Waals surface area contributed by atoms with Crippen LogP contribution in [0.3, 0.4) is 0 Å². The van der Waals surface area contributed by atoms with E-state index in [1.54, 1.807) is 40.9 Å². The largest absolute Gasteiger partial charge is 0.508 e. The second-order valence-electron chi connectivity index (χ2n) is 4.08. The third-order valence-corrected chi connectivity index (χ3v) is 4.41. The second-order valence-corrected chi connectivity index (χ2v) is 6.23. The van der Waals surface area contributed by atoms with E-state index in [9.17, 15) is 5.11 Å². The van der Waals surface area contributed by atoms with Crippen molar-refractivity contribution in [1.82, 2.24) is 4.98 Å². The Bertz CT molecular complexity index is 689. The molecule has 5 heteroatoms. The molecule has 3 nitrogen and oxygen atoms in total. The summed E-state index contributed by atoms with van der Waals surface area (Å²) in [5.74, 6) is 0.247. The van der Waals surface area contributed by atoms with Crippen molar-refractivity contribution in [2.45, 2.75) is 6.92 Å². The average molecular weight is 288 g/mol. The van der Waals surface area contributed by atoms with Crippen LogP contribution in [0.25, 0.3) is 10.6 Å². The Kier molecular flexibility index (Phi) is 3.23. The molecule has 0 amide bonds. The number of anilines is 2. The minimum atomic E-state index is 0.247. The van der Waals surface area contributed by atoms with Crippen LogP contribution in [0.2, 0.25) is 0 Å². The number of aromatic hydroxyl groups is 1. The number of thiophene rings is 1. The summed E-state index contributed by atoms with van der Waals surface area (Å²) < 4.78 is 0. The molecule has 2 aromatic heterocycles. The molecule has 2 heterocycles. The number of thiazole rings is 1. The van der Waals surface area contributed by atoms with E-state index in [2.05, 4.69) is 28.7 Å². The number of rotatable bonds is 3. The molecule has 0 aliphatic rings. The molecule has 2 N–H and O–H groups in total. The fourth-order valence-corrected chi connectivity index (χ4v) is 3.48. The van der Waals surface area contributed by atoms with Crippen LogP contribution in [0.1, 0.15) is 4.88 Å². The lowest BCUT2D eigenvalue weighted by molar-refractivity contribution is 0.475. The normalized spacial score (nSPS) is 10.6. The minimum absolute atomic E-state index is 0.247. The van der Waals surface area contributed by atoms with Gasteiger partial charge in [-0.15, -0.1) is 22.7 Å². The molecule has 3 aromatic rings. The topological polar surface area (TPSA) is 45.1 Å². The van der Waals surface area contributed by atoms with Crippen LogP contribution in [0.5, 0.6) is 5.75 Å². The molecule has 0 bridgehead atoms. The zero-order valence-corrected chi connectivity index (χ0v) is 11.9. The fourth-order valence-electron chi connectivity index (χ4n) is 1.80. The molecule has 0 fully saturated rings. The summed E-state index contributed by atoms with van der Waals surface area (Å²) >= 11 is 3.30. The highest BCUT2D eigenvalue weighted by molar-refractivity contribution is 7.17. The van der Waals surface area contributed by atoms with Crippen molar-refractivity contribution in [2.75, 3.05) is 5.32 Å². The summed E-state index contributed by atoms with van der Waals surface area (Å²) in [6, 6.07) is 11.1. The second kappa shape index (κ2) is 5.03. The summed E-state index contributed by atoms with van der Waals surface area (Å²) in [6.45, 7) is 2.07. The summed E-state index contributed by atoms with van der Waals surface area (Å²) in [4.78, 5) is 6.98. The minimum Gasteiger partial charge on any atom is -0.508 e. The van der Waals surface area contributed by atoms with Gasteiger partial charge in [-0.05, 0) is 30.5 Å². The van der Waals surface area contributed by atoms with E-state index in [0.29, 0.717) is 0 Å². The number of hydrogen-bond donors (Lipinski definition) is 2. The van der Waals surface area contributed by atoms with Gasteiger partial charge in [0.2, 0.25) is 0 Å². The molecule has 0 aliphatic heterocycles. The smallest absolute Gasteiger partial charge is 0.188 e. The van der Waals surface area contributed by atoms with E-state index >= 15 is 0 Å². The van der Waals surface area contributed by atoms with Gasteiger partial charge < -0.3 is 10.4 Å². The molecule has 3 rings (SSSR count). The standard InChI is InChI=1S/C14H12N2OS2/c1-9-13(12-6-3-7-18-12)16-14(19-9)15-10-4-2-5-11(17)8-10/h2-8,17H,1H3,(H,15,16). The zero-order valence-electron chi connectivity index (χ0n) is 10.3. The van der Waals surface area contributed by atoms with E-state index in [1.807, 2.05) is 12.1 Å². The molecule has 1 aromatic carbocycles. The number of aromatic nitrogens is 1. The number of nitrogens with zero attached hydrogens (tertiary/aromatic N) is 1. The van der Waals surface area contributed by atoms with Gasteiger partial charge in [-0.1, -0.05) is 12.1 Å². The quantitative estimate of drug-likeness (QED) is 0.738. The van der Waals surface area contributed by atoms with Gasteiger partial charge in [-0.25, -0.2) is 4.98 Å². The van der Waals surface area contributed by atoms with E-state index < -0.39 is 0 Å². The molecular formula is C14H12N2OS2. The predicted molar refractivity (Wildman–Crippen MR) is 81.6 cm³/mol. The van der Waals surface area contributed by atoms with Gasteiger partial charge in [-0.3, -0.25) is 0 Å². The number of phenolic OH excluding ortho intramolecular Hbond substituents is 1. The maximum absolute atomic E-state index is 9.45. The lowest BCUT2D eigenvalue weighted by Crippen LogP contribution is -1.88.